The summed E-state index contributed by atoms with van der Waals surface area (Å²) in [5.41, 5.74) is 2.72. The number of nitrogens with zero attached hydrogens (tertiary/aromatic N) is 4. The average Bonchev–Trinajstić information content (AvgIpc) is 3.08. The highest BCUT2D eigenvalue weighted by Crippen LogP contribution is 2.19. The standard InChI is InChI=1S/C19H20FN5OS/c1-13-22-23-24-25(13)18(11-14-3-7-16(20)8-4-14)19(26)21-17-9-5-15(6-10-17)12-27-2/h3-10,18H,11-12H2,1-2H3,(H,21,26). The van der Waals surface area contributed by atoms with Crippen LogP contribution in [0.4, 0.5) is 10.1 Å². The second kappa shape index (κ2) is 8.77. The highest BCUT2D eigenvalue weighted by molar-refractivity contribution is 7.97. The Morgan fingerprint density at radius 1 is 1.15 bits per heavy atom. The minimum Gasteiger partial charge on any atom is -0.324 e. The lowest BCUT2D eigenvalue weighted by atomic mass is 10.0. The first-order valence-corrected chi connectivity index (χ1v) is 9.84. The molecule has 1 atom stereocenters. The molecule has 1 aromatic heterocycles. The molecular weight excluding hydrogens is 365 g/mol. The molecule has 0 spiro atoms. The molecule has 140 valence electrons. The molecule has 0 saturated heterocycles. The van der Waals surface area contributed by atoms with E-state index >= 15 is 0 Å². The van der Waals surface area contributed by atoms with Crippen molar-refractivity contribution in [1.29, 1.82) is 0 Å². The van der Waals surface area contributed by atoms with E-state index in [1.807, 2.05) is 30.5 Å². The lowest BCUT2D eigenvalue weighted by molar-refractivity contribution is -0.119. The predicted molar refractivity (Wildman–Crippen MR) is 104 cm³/mol. The molecule has 0 aliphatic heterocycles. The van der Waals surface area contributed by atoms with Crippen molar-refractivity contribution in [3.8, 4) is 0 Å². The van der Waals surface area contributed by atoms with E-state index in [9.17, 15) is 9.18 Å². The molecule has 3 rings (SSSR count). The third-order valence-electron chi connectivity index (χ3n) is 4.13. The summed E-state index contributed by atoms with van der Waals surface area (Å²) in [6.07, 6.45) is 2.40. The lowest BCUT2D eigenvalue weighted by Crippen LogP contribution is -2.29. The zero-order valence-electron chi connectivity index (χ0n) is 15.1. The number of halogens is 1. The highest BCUT2D eigenvalue weighted by Gasteiger charge is 2.24. The van der Waals surface area contributed by atoms with Gasteiger partial charge in [-0.25, -0.2) is 9.07 Å². The molecular formula is C19H20FN5OS. The number of tetrazole rings is 1. The molecule has 0 fully saturated rings. The number of hydrogen-bond donors (Lipinski definition) is 1. The van der Waals surface area contributed by atoms with E-state index in [0.29, 0.717) is 17.9 Å². The first-order valence-electron chi connectivity index (χ1n) is 8.44. The van der Waals surface area contributed by atoms with Crippen LogP contribution in [0.2, 0.25) is 0 Å². The van der Waals surface area contributed by atoms with Crippen LogP contribution in [0.15, 0.2) is 48.5 Å². The second-order valence-corrected chi connectivity index (χ2v) is 7.00. The monoisotopic (exact) mass is 385 g/mol. The van der Waals surface area contributed by atoms with Crippen molar-refractivity contribution in [2.24, 2.45) is 0 Å². The first-order chi connectivity index (χ1) is 13.1. The summed E-state index contributed by atoms with van der Waals surface area (Å²) in [5.74, 6) is 0.911. The number of amides is 1. The number of carbonyl (C=O) groups is 1. The fraction of sp³-hybridized carbons (Fsp3) is 0.263. The predicted octanol–water partition coefficient (Wildman–Crippen LogP) is 3.41. The molecule has 0 bridgehead atoms. The minimum atomic E-state index is -0.642. The zero-order valence-corrected chi connectivity index (χ0v) is 15.9. The number of benzene rings is 2. The van der Waals surface area contributed by atoms with Gasteiger partial charge in [-0.1, -0.05) is 24.3 Å². The molecule has 3 aromatic rings. The van der Waals surface area contributed by atoms with Gasteiger partial charge in [-0.3, -0.25) is 4.79 Å². The van der Waals surface area contributed by atoms with Gasteiger partial charge in [-0.2, -0.15) is 11.8 Å². The van der Waals surface area contributed by atoms with Crippen LogP contribution in [0.25, 0.3) is 0 Å². The largest absolute Gasteiger partial charge is 0.324 e. The number of anilines is 1. The number of rotatable bonds is 7. The molecule has 0 aliphatic carbocycles. The van der Waals surface area contributed by atoms with Crippen LogP contribution >= 0.6 is 11.8 Å². The third kappa shape index (κ3) is 4.91. The SMILES string of the molecule is CSCc1ccc(NC(=O)C(Cc2ccc(F)cc2)n2nnnc2C)cc1. The highest BCUT2D eigenvalue weighted by atomic mass is 32.2. The zero-order chi connectivity index (χ0) is 19.2. The Morgan fingerprint density at radius 2 is 1.81 bits per heavy atom. The van der Waals surface area contributed by atoms with Gasteiger partial charge in [0.2, 0.25) is 5.91 Å². The van der Waals surface area contributed by atoms with E-state index in [4.69, 9.17) is 0 Å². The van der Waals surface area contributed by atoms with Gasteiger partial charge >= 0.3 is 0 Å². The second-order valence-electron chi connectivity index (χ2n) is 6.14. The molecule has 2 aromatic carbocycles. The van der Waals surface area contributed by atoms with Gasteiger partial charge in [-0.15, -0.1) is 5.10 Å². The maximum Gasteiger partial charge on any atom is 0.249 e. The summed E-state index contributed by atoms with van der Waals surface area (Å²) in [4.78, 5) is 12.9. The van der Waals surface area contributed by atoms with Crippen molar-refractivity contribution < 1.29 is 9.18 Å². The van der Waals surface area contributed by atoms with Crippen molar-refractivity contribution in [2.75, 3.05) is 11.6 Å². The molecule has 6 nitrogen and oxygen atoms in total. The summed E-state index contributed by atoms with van der Waals surface area (Å²) < 4.78 is 14.7. The number of aryl methyl sites for hydroxylation is 1. The molecule has 0 aliphatic rings. The molecule has 1 heterocycles. The maximum atomic E-state index is 13.2. The number of nitrogens with one attached hydrogen (secondary N) is 1. The summed E-state index contributed by atoms with van der Waals surface area (Å²) in [5, 5.41) is 14.4. The average molecular weight is 385 g/mol. The van der Waals surface area contributed by atoms with Crippen molar-refractivity contribution in [3.63, 3.8) is 0 Å². The smallest absolute Gasteiger partial charge is 0.249 e. The van der Waals surface area contributed by atoms with E-state index in [1.54, 1.807) is 30.8 Å². The molecule has 0 radical (unpaired) electrons. The van der Waals surface area contributed by atoms with Gasteiger partial charge < -0.3 is 5.32 Å². The van der Waals surface area contributed by atoms with Crippen LogP contribution < -0.4 is 5.32 Å². The van der Waals surface area contributed by atoms with Crippen LogP contribution in [0, 0.1) is 12.7 Å². The maximum absolute atomic E-state index is 13.2. The van der Waals surface area contributed by atoms with Crippen molar-refractivity contribution in [2.45, 2.75) is 25.1 Å². The van der Waals surface area contributed by atoms with Crippen LogP contribution in [-0.2, 0) is 17.0 Å². The van der Waals surface area contributed by atoms with Crippen LogP contribution in [-0.4, -0.2) is 32.4 Å². The Balaban J connectivity index is 1.80. The van der Waals surface area contributed by atoms with E-state index < -0.39 is 6.04 Å². The van der Waals surface area contributed by atoms with Gasteiger partial charge in [0.1, 0.15) is 17.7 Å². The molecule has 1 amide bonds. The number of aromatic nitrogens is 4. The molecule has 1 N–H and O–H groups in total. The Kier molecular flexibility index (Phi) is 6.18. The van der Waals surface area contributed by atoms with Gasteiger partial charge in [-0.05, 0) is 59.0 Å². The molecule has 8 heteroatoms. The van der Waals surface area contributed by atoms with Crippen molar-refractivity contribution in [1.82, 2.24) is 20.2 Å². The Morgan fingerprint density at radius 3 is 2.41 bits per heavy atom. The Hall–Kier alpha value is -2.74. The van der Waals surface area contributed by atoms with E-state index in [0.717, 1.165) is 11.3 Å². The Labute approximate surface area is 161 Å². The normalized spacial score (nSPS) is 12.0. The lowest BCUT2D eigenvalue weighted by Gasteiger charge is -2.18. The van der Waals surface area contributed by atoms with E-state index in [-0.39, 0.29) is 11.7 Å². The van der Waals surface area contributed by atoms with E-state index in [1.165, 1.54) is 22.4 Å². The van der Waals surface area contributed by atoms with Crippen LogP contribution in [0.1, 0.15) is 23.0 Å². The number of thioether (sulfide) groups is 1. The van der Waals surface area contributed by atoms with E-state index in [2.05, 4.69) is 20.8 Å². The summed E-state index contributed by atoms with van der Waals surface area (Å²) in [6.45, 7) is 1.74. The quantitative estimate of drug-likeness (QED) is 0.675. The van der Waals surface area contributed by atoms with Gasteiger partial charge in [0, 0.05) is 17.9 Å². The van der Waals surface area contributed by atoms with Gasteiger partial charge in [0.15, 0.2) is 0 Å². The first kappa shape index (κ1) is 19.0. The molecule has 1 unspecified atom stereocenters. The molecule has 0 saturated carbocycles. The summed E-state index contributed by atoms with van der Waals surface area (Å²) in [7, 11) is 0. The fourth-order valence-corrected chi connectivity index (χ4v) is 3.26. The Bertz CT molecular complexity index is 895. The number of carbonyl (C=O) groups excluding carboxylic acids is 1. The topological polar surface area (TPSA) is 72.7 Å². The van der Waals surface area contributed by atoms with Crippen molar-refractivity contribution >= 4 is 23.4 Å². The van der Waals surface area contributed by atoms with Gasteiger partial charge in [0.25, 0.3) is 0 Å². The third-order valence-corrected chi connectivity index (χ3v) is 4.75. The molecule has 27 heavy (non-hydrogen) atoms. The summed E-state index contributed by atoms with van der Waals surface area (Å²) in [6, 6.07) is 13.2. The fourth-order valence-electron chi connectivity index (χ4n) is 2.74. The van der Waals surface area contributed by atoms with Crippen LogP contribution in [0.5, 0.6) is 0 Å². The minimum absolute atomic E-state index is 0.229. The summed E-state index contributed by atoms with van der Waals surface area (Å²) >= 11 is 1.74. The number of hydrogen-bond acceptors (Lipinski definition) is 5. The van der Waals surface area contributed by atoms with Gasteiger partial charge in [0.05, 0.1) is 0 Å². The van der Waals surface area contributed by atoms with Crippen LogP contribution in [0.3, 0.4) is 0 Å². The van der Waals surface area contributed by atoms with Crippen molar-refractivity contribution in [3.05, 3.63) is 71.3 Å².